The van der Waals surface area contributed by atoms with Gasteiger partial charge in [-0.2, -0.15) is 5.10 Å². The second-order valence-corrected chi connectivity index (χ2v) is 8.92. The average molecular weight is 410 g/mol. The zero-order valence-electron chi connectivity index (χ0n) is 18.1. The Labute approximate surface area is 180 Å². The maximum Gasteiger partial charge on any atom is 0.324 e. The first-order valence-corrected chi connectivity index (χ1v) is 11.6. The fourth-order valence-corrected chi connectivity index (χ4v) is 4.98. The van der Waals surface area contributed by atoms with E-state index in [0.717, 1.165) is 48.9 Å². The molecule has 162 valence electrons. The lowest BCUT2D eigenvalue weighted by atomic mass is 10.0. The van der Waals surface area contributed by atoms with Crippen LogP contribution in [0.4, 0.5) is 16.3 Å². The van der Waals surface area contributed by atoms with Crippen LogP contribution in [0.2, 0.25) is 0 Å². The molecule has 2 amide bonds. The summed E-state index contributed by atoms with van der Waals surface area (Å²) in [4.78, 5) is 15.1. The highest BCUT2D eigenvalue weighted by Crippen LogP contribution is 2.29. The highest BCUT2D eigenvalue weighted by atomic mass is 16.2. The van der Waals surface area contributed by atoms with Gasteiger partial charge in [0.25, 0.3) is 0 Å². The number of nitrogens with zero attached hydrogens (tertiary/aromatic N) is 3. The van der Waals surface area contributed by atoms with Gasteiger partial charge in [-0.1, -0.05) is 43.9 Å². The van der Waals surface area contributed by atoms with Crippen LogP contribution in [0, 0.1) is 12.8 Å². The molecule has 6 nitrogen and oxygen atoms in total. The number of hydrogen-bond acceptors (Lipinski definition) is 3. The molecule has 2 aliphatic rings. The zero-order chi connectivity index (χ0) is 20.8. The van der Waals surface area contributed by atoms with Crippen molar-refractivity contribution in [2.75, 3.05) is 30.3 Å². The molecule has 0 spiro atoms. The Bertz CT molecular complexity index is 819. The molecule has 2 aromatic rings. The summed E-state index contributed by atoms with van der Waals surface area (Å²) in [6.45, 7) is 5.45. The maximum absolute atomic E-state index is 12.5. The van der Waals surface area contributed by atoms with Gasteiger partial charge in [0.1, 0.15) is 5.82 Å². The second-order valence-electron chi connectivity index (χ2n) is 8.92. The predicted molar refractivity (Wildman–Crippen MR) is 122 cm³/mol. The molecule has 30 heavy (non-hydrogen) atoms. The molecule has 0 unspecified atom stereocenters. The van der Waals surface area contributed by atoms with Crippen molar-refractivity contribution in [2.45, 2.75) is 64.3 Å². The number of carbonyl (C=O) groups excluding carboxylic acids is 1. The van der Waals surface area contributed by atoms with Crippen molar-refractivity contribution in [3.8, 4) is 0 Å². The molecule has 0 radical (unpaired) electrons. The van der Waals surface area contributed by atoms with E-state index in [-0.39, 0.29) is 6.03 Å². The number of anilines is 2. The van der Waals surface area contributed by atoms with Crippen LogP contribution in [0.15, 0.2) is 36.5 Å². The largest absolute Gasteiger partial charge is 0.324 e. The quantitative estimate of drug-likeness (QED) is 0.640. The van der Waals surface area contributed by atoms with E-state index in [0.29, 0.717) is 6.04 Å². The predicted octanol–water partition coefficient (Wildman–Crippen LogP) is 5.44. The lowest BCUT2D eigenvalue weighted by molar-refractivity contribution is 0.176. The summed E-state index contributed by atoms with van der Waals surface area (Å²) < 4.78 is 1.99. The van der Waals surface area contributed by atoms with E-state index >= 15 is 0 Å². The number of urea groups is 1. The van der Waals surface area contributed by atoms with Gasteiger partial charge >= 0.3 is 6.03 Å². The average Bonchev–Trinajstić information content (AvgIpc) is 3.43. The number of amides is 2. The molecule has 0 bridgehead atoms. The number of hydrogen-bond donors (Lipinski definition) is 2. The van der Waals surface area contributed by atoms with E-state index in [1.165, 1.54) is 45.1 Å². The van der Waals surface area contributed by atoms with Crippen molar-refractivity contribution in [1.29, 1.82) is 0 Å². The number of para-hydroxylation sites is 1. The van der Waals surface area contributed by atoms with Crippen molar-refractivity contribution in [1.82, 2.24) is 14.7 Å². The summed E-state index contributed by atoms with van der Waals surface area (Å²) >= 11 is 0. The number of benzene rings is 1. The van der Waals surface area contributed by atoms with Crippen LogP contribution < -0.4 is 10.6 Å². The zero-order valence-corrected chi connectivity index (χ0v) is 18.1. The SMILES string of the molecule is Cc1ccccc1NC(=O)Nc1ccnn1C1CCN(CCCC2CCCC2)CC1. The Balaban J connectivity index is 1.24. The van der Waals surface area contributed by atoms with Gasteiger partial charge in [-0.05, 0) is 56.7 Å². The molecule has 1 aliphatic carbocycles. The molecule has 1 saturated heterocycles. The van der Waals surface area contributed by atoms with Crippen molar-refractivity contribution >= 4 is 17.5 Å². The van der Waals surface area contributed by atoms with E-state index < -0.39 is 0 Å². The minimum absolute atomic E-state index is 0.226. The Morgan fingerprint density at radius 1 is 1.07 bits per heavy atom. The van der Waals surface area contributed by atoms with Crippen LogP contribution in [0.25, 0.3) is 0 Å². The molecule has 0 atom stereocenters. The highest BCUT2D eigenvalue weighted by Gasteiger charge is 2.23. The number of piperidine rings is 1. The molecular formula is C24H35N5O. The van der Waals surface area contributed by atoms with Gasteiger partial charge < -0.3 is 10.2 Å². The summed E-state index contributed by atoms with van der Waals surface area (Å²) in [6, 6.07) is 9.79. The third-order valence-electron chi connectivity index (χ3n) is 6.77. The highest BCUT2D eigenvalue weighted by molar-refractivity contribution is 5.99. The van der Waals surface area contributed by atoms with Gasteiger partial charge in [0.15, 0.2) is 0 Å². The minimum atomic E-state index is -0.226. The first-order chi connectivity index (χ1) is 14.7. The third-order valence-corrected chi connectivity index (χ3v) is 6.77. The van der Waals surface area contributed by atoms with Crippen molar-refractivity contribution < 1.29 is 4.79 Å². The van der Waals surface area contributed by atoms with Gasteiger partial charge in [-0.25, -0.2) is 9.48 Å². The van der Waals surface area contributed by atoms with E-state index in [2.05, 4.69) is 20.6 Å². The van der Waals surface area contributed by atoms with Gasteiger partial charge in [0, 0.05) is 24.8 Å². The Morgan fingerprint density at radius 3 is 2.60 bits per heavy atom. The van der Waals surface area contributed by atoms with Crippen LogP contribution in [0.3, 0.4) is 0 Å². The number of nitrogens with one attached hydrogen (secondary N) is 2. The smallest absolute Gasteiger partial charge is 0.307 e. The summed E-state index contributed by atoms with van der Waals surface area (Å²) in [7, 11) is 0. The number of carbonyl (C=O) groups is 1. The third kappa shape index (κ3) is 5.42. The van der Waals surface area contributed by atoms with Gasteiger partial charge in [0.2, 0.25) is 0 Å². The normalized spacial score (nSPS) is 18.6. The summed E-state index contributed by atoms with van der Waals surface area (Å²) in [5.74, 6) is 1.76. The first kappa shape index (κ1) is 20.9. The Kier molecular flexibility index (Phi) is 7.05. The van der Waals surface area contributed by atoms with E-state index in [9.17, 15) is 4.79 Å². The van der Waals surface area contributed by atoms with E-state index in [4.69, 9.17) is 0 Å². The second kappa shape index (κ2) is 10.1. The molecule has 4 rings (SSSR count). The van der Waals surface area contributed by atoms with Crippen LogP contribution in [0.1, 0.15) is 63.0 Å². The molecule has 6 heteroatoms. The molecule has 2 N–H and O–H groups in total. The number of rotatable bonds is 7. The van der Waals surface area contributed by atoms with Gasteiger partial charge in [0.05, 0.1) is 12.2 Å². The van der Waals surface area contributed by atoms with E-state index in [1.54, 1.807) is 6.20 Å². The molecule has 2 fully saturated rings. The van der Waals surface area contributed by atoms with Crippen LogP contribution in [-0.2, 0) is 0 Å². The molecule has 1 saturated carbocycles. The fraction of sp³-hybridized carbons (Fsp3) is 0.583. The monoisotopic (exact) mass is 409 g/mol. The van der Waals surface area contributed by atoms with Gasteiger partial charge in [-0.3, -0.25) is 5.32 Å². The summed E-state index contributed by atoms with van der Waals surface area (Å²) in [6.07, 6.45) is 12.5. The first-order valence-electron chi connectivity index (χ1n) is 11.6. The molecule has 1 aromatic heterocycles. The minimum Gasteiger partial charge on any atom is -0.307 e. The Hall–Kier alpha value is -2.34. The Morgan fingerprint density at radius 2 is 1.83 bits per heavy atom. The van der Waals surface area contributed by atoms with Crippen molar-refractivity contribution in [3.63, 3.8) is 0 Å². The standard InChI is InChI=1S/C24H35N5O/c1-19-7-2-5-11-22(19)26-24(30)27-23-12-15-25-29(23)21-13-17-28(18-14-21)16-6-10-20-8-3-4-9-20/h2,5,7,11-12,15,20-21H,3-4,6,8-10,13-14,16-18H2,1H3,(H2,26,27,30). The van der Waals surface area contributed by atoms with E-state index in [1.807, 2.05) is 41.9 Å². The lowest BCUT2D eigenvalue weighted by Crippen LogP contribution is -2.36. The van der Waals surface area contributed by atoms with Crippen LogP contribution in [0.5, 0.6) is 0 Å². The van der Waals surface area contributed by atoms with Crippen LogP contribution >= 0.6 is 0 Å². The summed E-state index contributed by atoms with van der Waals surface area (Å²) in [5.41, 5.74) is 1.87. The fourth-order valence-electron chi connectivity index (χ4n) is 4.98. The molecular weight excluding hydrogens is 374 g/mol. The number of aromatic nitrogens is 2. The molecule has 1 aromatic carbocycles. The lowest BCUT2D eigenvalue weighted by Gasteiger charge is -2.32. The van der Waals surface area contributed by atoms with Crippen molar-refractivity contribution in [2.24, 2.45) is 5.92 Å². The number of likely N-dealkylation sites (tertiary alicyclic amines) is 1. The topological polar surface area (TPSA) is 62.2 Å². The van der Waals surface area contributed by atoms with Crippen molar-refractivity contribution in [3.05, 3.63) is 42.1 Å². The molecule has 2 heterocycles. The van der Waals surface area contributed by atoms with Gasteiger partial charge in [-0.15, -0.1) is 0 Å². The molecule has 1 aliphatic heterocycles. The van der Waals surface area contributed by atoms with Crippen LogP contribution in [-0.4, -0.2) is 40.3 Å². The maximum atomic E-state index is 12.5. The summed E-state index contributed by atoms with van der Waals surface area (Å²) in [5, 5.41) is 10.4. The number of aryl methyl sites for hydroxylation is 1.